The number of aliphatic hydroxyl groups excluding tert-OH is 1. The molecule has 1 aliphatic carbocycles. The molecule has 1 aromatic rings. The van der Waals surface area contributed by atoms with Crippen molar-refractivity contribution in [3.63, 3.8) is 0 Å². The highest BCUT2D eigenvalue weighted by atomic mass is 32.2. The second-order valence-electron chi connectivity index (χ2n) is 7.55. The molecule has 3 unspecified atom stereocenters. The molecule has 144 valence electrons. The molecule has 0 aromatic heterocycles. The molecule has 1 amide bonds. The number of sulfone groups is 1. The summed E-state index contributed by atoms with van der Waals surface area (Å²) in [6.07, 6.45) is 3.29. The van der Waals surface area contributed by atoms with E-state index < -0.39 is 9.84 Å². The molecule has 0 spiro atoms. The first-order valence-electron chi connectivity index (χ1n) is 9.28. The van der Waals surface area contributed by atoms with E-state index in [9.17, 15) is 18.3 Å². The van der Waals surface area contributed by atoms with Crippen molar-refractivity contribution in [2.45, 2.75) is 36.7 Å². The van der Waals surface area contributed by atoms with Crippen LogP contribution < -0.4 is 5.32 Å². The molecule has 0 bridgehead atoms. The van der Waals surface area contributed by atoms with Crippen molar-refractivity contribution in [3.8, 4) is 0 Å². The van der Waals surface area contributed by atoms with Crippen molar-refractivity contribution in [2.24, 2.45) is 5.92 Å². The lowest BCUT2D eigenvalue weighted by Crippen LogP contribution is -2.48. The van der Waals surface area contributed by atoms with E-state index in [1.54, 1.807) is 12.1 Å². The fourth-order valence-corrected chi connectivity index (χ4v) is 5.85. The lowest BCUT2D eigenvalue weighted by Gasteiger charge is -2.40. The molecule has 6 nitrogen and oxygen atoms in total. The van der Waals surface area contributed by atoms with Crippen LogP contribution >= 0.6 is 0 Å². The van der Waals surface area contributed by atoms with Crippen LogP contribution in [-0.4, -0.2) is 56.6 Å². The minimum atomic E-state index is -3.38. The zero-order valence-corrected chi connectivity index (χ0v) is 16.3. The van der Waals surface area contributed by atoms with E-state index in [0.717, 1.165) is 22.3 Å². The molecule has 7 heteroatoms. The number of fused-ring (bicyclic) bond motifs is 2. The molecule has 0 saturated carbocycles. The zero-order chi connectivity index (χ0) is 19.3. The molecule has 0 fully saturated rings. The van der Waals surface area contributed by atoms with E-state index in [1.807, 2.05) is 26.1 Å². The maximum absolute atomic E-state index is 12.7. The lowest BCUT2D eigenvalue weighted by atomic mass is 9.77. The molecule has 2 heterocycles. The zero-order valence-electron chi connectivity index (χ0n) is 15.5. The standard InChI is InChI=1S/C20H24N2O4S/c1-3-14(10-23)21-20(24)12-7-16-15-5-4-6-18-19(15)13(11-27(18,25)26)8-17(16)22(2)9-12/h4-7,11-12,14,17,23H,3,8-10H2,1-2H3,(H,21,24). The van der Waals surface area contributed by atoms with E-state index in [1.165, 1.54) is 5.41 Å². The first-order valence-corrected chi connectivity index (χ1v) is 10.8. The summed E-state index contributed by atoms with van der Waals surface area (Å²) in [7, 11) is -1.40. The monoisotopic (exact) mass is 388 g/mol. The Morgan fingerprint density at radius 1 is 1.41 bits per heavy atom. The highest BCUT2D eigenvalue weighted by molar-refractivity contribution is 7.95. The molecule has 2 N–H and O–H groups in total. The fourth-order valence-electron chi connectivity index (χ4n) is 4.34. The Hall–Kier alpha value is -1.96. The maximum Gasteiger partial charge on any atom is 0.228 e. The molecule has 1 aromatic carbocycles. The summed E-state index contributed by atoms with van der Waals surface area (Å²) in [6, 6.07) is 5.20. The average molecular weight is 388 g/mol. The predicted octanol–water partition coefficient (Wildman–Crippen LogP) is 1.42. The van der Waals surface area contributed by atoms with Gasteiger partial charge in [0.2, 0.25) is 15.7 Å². The predicted molar refractivity (Wildman–Crippen MR) is 103 cm³/mol. The number of carbonyl (C=O) groups excluding carboxylic acids is 1. The van der Waals surface area contributed by atoms with Crippen LogP contribution in [0.4, 0.5) is 0 Å². The highest BCUT2D eigenvalue weighted by Crippen LogP contribution is 2.48. The van der Waals surface area contributed by atoms with Gasteiger partial charge in [-0.2, -0.15) is 0 Å². The first-order chi connectivity index (χ1) is 12.9. The van der Waals surface area contributed by atoms with Gasteiger partial charge in [0.15, 0.2) is 0 Å². The van der Waals surface area contributed by atoms with Crippen LogP contribution in [0.25, 0.3) is 11.1 Å². The van der Waals surface area contributed by atoms with Crippen LogP contribution in [0.15, 0.2) is 34.6 Å². The quantitative estimate of drug-likeness (QED) is 0.815. The maximum atomic E-state index is 12.7. The smallest absolute Gasteiger partial charge is 0.228 e. The molecule has 2 aliphatic heterocycles. The fraction of sp³-hybridized carbons (Fsp3) is 0.450. The van der Waals surface area contributed by atoms with Gasteiger partial charge in [0.25, 0.3) is 0 Å². The number of nitrogens with one attached hydrogen (secondary N) is 1. The third-order valence-corrected chi connectivity index (χ3v) is 7.38. The second-order valence-corrected chi connectivity index (χ2v) is 9.32. The van der Waals surface area contributed by atoms with Gasteiger partial charge in [-0.1, -0.05) is 25.1 Å². The van der Waals surface area contributed by atoms with E-state index >= 15 is 0 Å². The molecule has 3 atom stereocenters. The number of benzene rings is 1. The van der Waals surface area contributed by atoms with Gasteiger partial charge in [0.1, 0.15) is 0 Å². The van der Waals surface area contributed by atoms with Crippen LogP contribution in [0.3, 0.4) is 0 Å². The second kappa shape index (κ2) is 6.58. The van der Waals surface area contributed by atoms with Gasteiger partial charge in [0, 0.05) is 23.6 Å². The molecule has 4 rings (SSSR count). The largest absolute Gasteiger partial charge is 0.394 e. The van der Waals surface area contributed by atoms with Gasteiger partial charge >= 0.3 is 0 Å². The van der Waals surface area contributed by atoms with Crippen LogP contribution in [0, 0.1) is 5.92 Å². The topological polar surface area (TPSA) is 86.7 Å². The summed E-state index contributed by atoms with van der Waals surface area (Å²) in [5.41, 5.74) is 3.60. The van der Waals surface area contributed by atoms with Crippen LogP contribution in [-0.2, 0) is 14.6 Å². The Labute approximate surface area is 159 Å². The van der Waals surface area contributed by atoms with E-state index in [4.69, 9.17) is 0 Å². The first kappa shape index (κ1) is 18.4. The van der Waals surface area contributed by atoms with Gasteiger partial charge < -0.3 is 10.4 Å². The van der Waals surface area contributed by atoms with Gasteiger partial charge in [-0.25, -0.2) is 8.42 Å². The number of amides is 1. The molecule has 3 aliphatic rings. The van der Waals surface area contributed by atoms with Gasteiger partial charge in [-0.15, -0.1) is 0 Å². The van der Waals surface area contributed by atoms with Crippen LogP contribution in [0.2, 0.25) is 0 Å². The molecule has 0 radical (unpaired) electrons. The van der Waals surface area contributed by atoms with Gasteiger partial charge in [-0.05, 0) is 42.7 Å². The third kappa shape index (κ3) is 2.94. The summed E-state index contributed by atoms with van der Waals surface area (Å²) in [5, 5.41) is 13.7. The van der Waals surface area contributed by atoms with Crippen molar-refractivity contribution >= 4 is 26.9 Å². The van der Waals surface area contributed by atoms with Crippen molar-refractivity contribution < 1.29 is 18.3 Å². The summed E-state index contributed by atoms with van der Waals surface area (Å²) in [5.74, 6) is -0.434. The van der Waals surface area contributed by atoms with Gasteiger partial charge in [-0.3, -0.25) is 9.69 Å². The van der Waals surface area contributed by atoms with Crippen molar-refractivity contribution in [2.75, 3.05) is 20.2 Å². The van der Waals surface area contributed by atoms with E-state index in [-0.39, 0.29) is 30.5 Å². The summed E-state index contributed by atoms with van der Waals surface area (Å²) < 4.78 is 24.9. The Bertz CT molecular complexity index is 960. The molecular weight excluding hydrogens is 364 g/mol. The van der Waals surface area contributed by atoms with E-state index in [0.29, 0.717) is 24.3 Å². The number of hydrogen-bond acceptors (Lipinski definition) is 5. The number of likely N-dealkylation sites (N-methyl/N-ethyl adjacent to an activating group) is 1. The number of hydrogen-bond donors (Lipinski definition) is 2. The van der Waals surface area contributed by atoms with Crippen molar-refractivity contribution in [1.29, 1.82) is 0 Å². The Morgan fingerprint density at radius 2 is 2.19 bits per heavy atom. The number of rotatable bonds is 4. The minimum absolute atomic E-state index is 0.0659. The Morgan fingerprint density at radius 3 is 2.89 bits per heavy atom. The Balaban J connectivity index is 1.75. The minimum Gasteiger partial charge on any atom is -0.394 e. The Kier molecular flexibility index (Phi) is 4.49. The average Bonchev–Trinajstić information content (AvgIpc) is 2.91. The number of nitrogens with zero attached hydrogens (tertiary/aromatic N) is 1. The highest BCUT2D eigenvalue weighted by Gasteiger charge is 2.41. The van der Waals surface area contributed by atoms with Crippen molar-refractivity contribution in [1.82, 2.24) is 10.2 Å². The SMILES string of the molecule is CCC(CO)NC(=O)C1C=C2c3cccc4c3C(=CS4(=O)=O)CC2N(C)C1. The molecule has 0 saturated heterocycles. The number of aliphatic hydroxyl groups is 1. The number of carbonyl (C=O) groups is 1. The molecular formula is C20H24N2O4S. The van der Waals surface area contributed by atoms with Crippen LogP contribution in [0.1, 0.15) is 30.9 Å². The van der Waals surface area contributed by atoms with Gasteiger partial charge in [0.05, 0.1) is 23.5 Å². The summed E-state index contributed by atoms with van der Waals surface area (Å²) >= 11 is 0. The molecule has 27 heavy (non-hydrogen) atoms. The normalized spacial score (nSPS) is 26.5. The summed E-state index contributed by atoms with van der Waals surface area (Å²) in [4.78, 5) is 15.2. The third-order valence-electron chi connectivity index (χ3n) is 5.83. The lowest BCUT2D eigenvalue weighted by molar-refractivity contribution is -0.125. The van der Waals surface area contributed by atoms with E-state index in [2.05, 4.69) is 10.2 Å². The van der Waals surface area contributed by atoms with Crippen LogP contribution in [0.5, 0.6) is 0 Å². The summed E-state index contributed by atoms with van der Waals surface area (Å²) in [6.45, 7) is 2.41. The van der Waals surface area contributed by atoms with Crippen molar-refractivity contribution in [3.05, 3.63) is 40.8 Å².